The molecule has 12 aromatic rings. The van der Waals surface area contributed by atoms with E-state index in [1.165, 1.54) is 54.6 Å². The van der Waals surface area contributed by atoms with E-state index in [4.69, 9.17) is 8.83 Å². The Labute approximate surface area is 322 Å². The summed E-state index contributed by atoms with van der Waals surface area (Å²) in [5.74, 6) is 0. The van der Waals surface area contributed by atoms with Crippen molar-refractivity contribution < 1.29 is 8.83 Å². The lowest BCUT2D eigenvalue weighted by molar-refractivity contribution is 0.669. The minimum atomic E-state index is 0.896. The van der Waals surface area contributed by atoms with Gasteiger partial charge in [0.15, 0.2) is 0 Å². The van der Waals surface area contributed by atoms with Crippen LogP contribution in [0, 0.1) is 0 Å². The Kier molecular flexibility index (Phi) is 6.66. The molecule has 0 bridgehead atoms. The van der Waals surface area contributed by atoms with Crippen LogP contribution in [0.15, 0.2) is 203 Å². The second kappa shape index (κ2) is 12.0. The molecule has 0 aliphatic heterocycles. The van der Waals surface area contributed by atoms with E-state index in [0.717, 1.165) is 66.1 Å². The summed E-state index contributed by atoms with van der Waals surface area (Å²) in [6.45, 7) is 0. The van der Waals surface area contributed by atoms with E-state index in [-0.39, 0.29) is 0 Å². The third-order valence-corrected chi connectivity index (χ3v) is 11.7. The lowest BCUT2D eigenvalue weighted by atomic mass is 9.84. The molecule has 0 spiro atoms. The highest BCUT2D eigenvalue weighted by molar-refractivity contribution is 6.22. The van der Waals surface area contributed by atoms with E-state index < -0.39 is 0 Å². The highest BCUT2D eigenvalue weighted by Gasteiger charge is 2.21. The molecule has 0 fully saturated rings. The monoisotopic (exact) mass is 712 g/mol. The molecule has 0 atom stereocenters. The molecule has 12 rings (SSSR count). The molecule has 0 aliphatic rings. The zero-order valence-electron chi connectivity index (χ0n) is 30.3. The third-order valence-electron chi connectivity index (χ3n) is 11.7. The van der Waals surface area contributed by atoms with Crippen LogP contribution in [0.4, 0.5) is 0 Å². The normalized spacial score (nSPS) is 11.9. The van der Waals surface area contributed by atoms with Gasteiger partial charge in [-0.05, 0) is 96.0 Å². The summed E-state index contributed by atoms with van der Waals surface area (Å²) < 4.78 is 13.3. The standard InChI is InChI=1S/C54H32O2/c1-2-14-33(15-3-1)47-31-35(30-34-16-4-5-17-36(34)47)52-41-22-10-20-37(43-24-12-26-45-39-18-6-8-28-50(39)55-53(43)45)48(41)32-49-38(21-11-23-42(49)52)44-25-13-27-46-40-19-7-9-29-51(40)56-54(44)46/h1-32H. The molecule has 0 radical (unpaired) electrons. The Balaban J connectivity index is 1.23. The number of benzene rings is 10. The van der Waals surface area contributed by atoms with Gasteiger partial charge in [-0.25, -0.2) is 0 Å². The Morgan fingerprint density at radius 2 is 0.714 bits per heavy atom. The van der Waals surface area contributed by atoms with Crippen molar-refractivity contribution in [1.29, 1.82) is 0 Å². The maximum Gasteiger partial charge on any atom is 0.143 e. The van der Waals surface area contributed by atoms with Gasteiger partial charge in [-0.15, -0.1) is 0 Å². The van der Waals surface area contributed by atoms with Crippen molar-refractivity contribution in [3.8, 4) is 44.5 Å². The summed E-state index contributed by atoms with van der Waals surface area (Å²) in [6, 6.07) is 69.9. The average molecular weight is 713 g/mol. The van der Waals surface area contributed by atoms with E-state index in [0.29, 0.717) is 0 Å². The number of rotatable bonds is 4. The predicted molar refractivity (Wildman–Crippen MR) is 235 cm³/mol. The van der Waals surface area contributed by atoms with Crippen LogP contribution < -0.4 is 0 Å². The molecule has 0 amide bonds. The zero-order valence-corrected chi connectivity index (χ0v) is 30.3. The van der Waals surface area contributed by atoms with E-state index in [1.807, 2.05) is 12.1 Å². The Morgan fingerprint density at radius 1 is 0.250 bits per heavy atom. The van der Waals surface area contributed by atoms with E-state index in [9.17, 15) is 0 Å². The van der Waals surface area contributed by atoms with Gasteiger partial charge in [0, 0.05) is 32.7 Å². The number of hydrogen-bond donors (Lipinski definition) is 0. The Hall–Kier alpha value is -7.42. The number of para-hydroxylation sites is 4. The first kappa shape index (κ1) is 31.0. The first-order chi connectivity index (χ1) is 27.8. The average Bonchev–Trinajstić information content (AvgIpc) is 3.84. The van der Waals surface area contributed by atoms with Crippen LogP contribution in [0.1, 0.15) is 0 Å². The fraction of sp³-hybridized carbons (Fsp3) is 0. The quantitative estimate of drug-likeness (QED) is 0.170. The topological polar surface area (TPSA) is 26.3 Å². The van der Waals surface area contributed by atoms with Gasteiger partial charge in [0.2, 0.25) is 0 Å². The smallest absolute Gasteiger partial charge is 0.143 e. The highest BCUT2D eigenvalue weighted by Crippen LogP contribution is 2.47. The van der Waals surface area contributed by atoms with Crippen molar-refractivity contribution in [3.05, 3.63) is 194 Å². The molecule has 0 N–H and O–H groups in total. The minimum absolute atomic E-state index is 0.896. The van der Waals surface area contributed by atoms with Crippen molar-refractivity contribution in [2.75, 3.05) is 0 Å². The van der Waals surface area contributed by atoms with E-state index >= 15 is 0 Å². The van der Waals surface area contributed by atoms with Gasteiger partial charge >= 0.3 is 0 Å². The number of fused-ring (bicyclic) bond motifs is 9. The molecule has 0 saturated heterocycles. The van der Waals surface area contributed by atoms with Gasteiger partial charge in [-0.2, -0.15) is 0 Å². The molecule has 2 heteroatoms. The fourth-order valence-corrected chi connectivity index (χ4v) is 9.18. The fourth-order valence-electron chi connectivity index (χ4n) is 9.18. The van der Waals surface area contributed by atoms with Gasteiger partial charge < -0.3 is 8.83 Å². The molecule has 0 saturated carbocycles. The van der Waals surface area contributed by atoms with Gasteiger partial charge in [-0.3, -0.25) is 0 Å². The number of furan rings is 2. The van der Waals surface area contributed by atoms with Crippen molar-refractivity contribution in [2.24, 2.45) is 0 Å². The van der Waals surface area contributed by atoms with Crippen molar-refractivity contribution >= 4 is 76.2 Å². The van der Waals surface area contributed by atoms with Crippen LogP contribution in [0.2, 0.25) is 0 Å². The molecule has 0 aliphatic carbocycles. The van der Waals surface area contributed by atoms with Crippen LogP contribution in [-0.4, -0.2) is 0 Å². The molecule has 2 heterocycles. The summed E-state index contributed by atoms with van der Waals surface area (Å²) in [7, 11) is 0. The first-order valence-corrected chi connectivity index (χ1v) is 19.2. The summed E-state index contributed by atoms with van der Waals surface area (Å²) in [5.41, 5.74) is 12.8. The largest absolute Gasteiger partial charge is 0.455 e. The molecule has 56 heavy (non-hydrogen) atoms. The lowest BCUT2D eigenvalue weighted by Gasteiger charge is -2.19. The molecule has 2 nitrogen and oxygen atoms in total. The summed E-state index contributed by atoms with van der Waals surface area (Å²) in [6.07, 6.45) is 0. The minimum Gasteiger partial charge on any atom is -0.455 e. The van der Waals surface area contributed by atoms with Crippen LogP contribution in [-0.2, 0) is 0 Å². The van der Waals surface area contributed by atoms with Crippen molar-refractivity contribution in [1.82, 2.24) is 0 Å². The molecular formula is C54H32O2. The zero-order chi connectivity index (χ0) is 36.7. The first-order valence-electron chi connectivity index (χ1n) is 19.2. The van der Waals surface area contributed by atoms with Crippen LogP contribution in [0.25, 0.3) is 121 Å². The molecule has 10 aromatic carbocycles. The second-order valence-corrected chi connectivity index (χ2v) is 14.7. The van der Waals surface area contributed by atoms with Crippen LogP contribution in [0.3, 0.4) is 0 Å². The van der Waals surface area contributed by atoms with Gasteiger partial charge in [0.05, 0.1) is 0 Å². The Bertz CT molecular complexity index is 3360. The number of hydrogen-bond acceptors (Lipinski definition) is 2. The van der Waals surface area contributed by atoms with E-state index in [1.54, 1.807) is 0 Å². The van der Waals surface area contributed by atoms with Crippen molar-refractivity contribution in [2.45, 2.75) is 0 Å². The summed E-state index contributed by atoms with van der Waals surface area (Å²) in [5, 5.41) is 11.7. The molecular weight excluding hydrogens is 681 g/mol. The van der Waals surface area contributed by atoms with E-state index in [2.05, 4.69) is 182 Å². The Morgan fingerprint density at radius 3 is 1.30 bits per heavy atom. The molecule has 0 unspecified atom stereocenters. The lowest BCUT2D eigenvalue weighted by Crippen LogP contribution is -1.92. The van der Waals surface area contributed by atoms with Gasteiger partial charge in [-0.1, -0.05) is 164 Å². The van der Waals surface area contributed by atoms with Crippen LogP contribution in [0.5, 0.6) is 0 Å². The predicted octanol–water partition coefficient (Wildman–Crippen LogP) is 15.6. The summed E-state index contributed by atoms with van der Waals surface area (Å²) >= 11 is 0. The van der Waals surface area contributed by atoms with Gasteiger partial charge in [0.1, 0.15) is 22.3 Å². The maximum absolute atomic E-state index is 6.66. The molecule has 2 aromatic heterocycles. The third kappa shape index (κ3) is 4.57. The van der Waals surface area contributed by atoms with Gasteiger partial charge in [0.25, 0.3) is 0 Å². The SMILES string of the molecule is c1ccc(-c2cc(-c3c4cccc(-c5cccc6c5oc5ccccc56)c4cc4c(-c5cccc6c5oc5ccccc56)cccc34)cc3ccccc23)cc1. The summed E-state index contributed by atoms with van der Waals surface area (Å²) in [4.78, 5) is 0. The highest BCUT2D eigenvalue weighted by atomic mass is 16.3. The molecule has 260 valence electrons. The maximum atomic E-state index is 6.66. The van der Waals surface area contributed by atoms with Crippen molar-refractivity contribution in [3.63, 3.8) is 0 Å². The van der Waals surface area contributed by atoms with Crippen LogP contribution >= 0.6 is 0 Å². The second-order valence-electron chi connectivity index (χ2n) is 14.7.